The van der Waals surface area contributed by atoms with Gasteiger partial charge in [0.05, 0.1) is 11.5 Å². The number of nitrogens with zero attached hydrogens (tertiary/aromatic N) is 1. The van der Waals surface area contributed by atoms with Crippen molar-refractivity contribution in [2.24, 2.45) is 5.92 Å². The number of amides is 2. The molecule has 2 N–H and O–H groups in total. The van der Waals surface area contributed by atoms with Gasteiger partial charge in [0, 0.05) is 43.0 Å². The van der Waals surface area contributed by atoms with Gasteiger partial charge in [-0.05, 0) is 77.9 Å². The van der Waals surface area contributed by atoms with Crippen molar-refractivity contribution in [2.45, 2.75) is 33.7 Å². The van der Waals surface area contributed by atoms with Crippen LogP contribution in [0.3, 0.4) is 0 Å². The number of sulfone groups is 1. The van der Waals surface area contributed by atoms with Crippen LogP contribution in [-0.4, -0.2) is 56.3 Å². The van der Waals surface area contributed by atoms with Crippen LogP contribution in [0.2, 0.25) is 0 Å². The van der Waals surface area contributed by atoms with E-state index < -0.39 is 9.84 Å². The molecule has 0 atom stereocenters. The third kappa shape index (κ3) is 8.00. The zero-order valence-electron chi connectivity index (χ0n) is 22.9. The Bertz CT molecular complexity index is 1400. The predicted molar refractivity (Wildman–Crippen MR) is 157 cm³/mol. The lowest BCUT2D eigenvalue weighted by Crippen LogP contribution is -2.39. The van der Waals surface area contributed by atoms with Gasteiger partial charge in [-0.15, -0.1) is 0 Å². The van der Waals surface area contributed by atoms with Gasteiger partial charge >= 0.3 is 0 Å². The Labute approximate surface area is 231 Å². The molecule has 1 heterocycles. The Morgan fingerprint density at radius 2 is 1.51 bits per heavy atom. The summed E-state index contributed by atoms with van der Waals surface area (Å²) in [6.45, 7) is 8.70. The topological polar surface area (TPSA) is 95.6 Å². The van der Waals surface area contributed by atoms with Crippen molar-refractivity contribution in [3.8, 4) is 11.1 Å². The zero-order chi connectivity index (χ0) is 28.0. The van der Waals surface area contributed by atoms with Gasteiger partial charge in [-0.1, -0.05) is 44.2 Å². The molecule has 0 bridgehead atoms. The highest BCUT2D eigenvalue weighted by atomic mass is 32.2. The zero-order valence-corrected chi connectivity index (χ0v) is 23.7. The summed E-state index contributed by atoms with van der Waals surface area (Å²) < 4.78 is 23.2. The summed E-state index contributed by atoms with van der Waals surface area (Å²) in [4.78, 5) is 27.6. The number of nitrogens with one attached hydrogen (secondary N) is 2. The predicted octanol–water partition coefficient (Wildman–Crippen LogP) is 4.92. The van der Waals surface area contributed by atoms with Gasteiger partial charge < -0.3 is 10.6 Å². The van der Waals surface area contributed by atoms with Gasteiger partial charge in [0.25, 0.3) is 11.8 Å². The first-order chi connectivity index (χ1) is 18.6. The molecule has 4 rings (SSSR count). The van der Waals surface area contributed by atoms with Crippen molar-refractivity contribution in [1.29, 1.82) is 0 Å². The second-order valence-electron chi connectivity index (χ2n) is 10.6. The Hall–Kier alpha value is -3.49. The van der Waals surface area contributed by atoms with Crippen molar-refractivity contribution in [3.05, 3.63) is 89.0 Å². The molecule has 0 aliphatic carbocycles. The fraction of sp³-hybridized carbons (Fsp3) is 0.355. The lowest BCUT2D eigenvalue weighted by molar-refractivity contribution is 0.0951. The van der Waals surface area contributed by atoms with Gasteiger partial charge in [0.2, 0.25) is 0 Å². The van der Waals surface area contributed by atoms with Crippen LogP contribution < -0.4 is 10.6 Å². The summed E-state index contributed by atoms with van der Waals surface area (Å²) >= 11 is 0. The number of carbonyl (C=O) groups excluding carboxylic acids is 2. The Kier molecular flexibility index (Phi) is 9.20. The minimum Gasteiger partial charge on any atom is -0.352 e. The van der Waals surface area contributed by atoms with E-state index >= 15 is 0 Å². The molecule has 3 aromatic rings. The number of carbonyl (C=O) groups is 2. The van der Waals surface area contributed by atoms with E-state index in [1.54, 1.807) is 12.1 Å². The minimum absolute atomic E-state index is 0.0807. The van der Waals surface area contributed by atoms with E-state index in [2.05, 4.69) is 29.4 Å². The van der Waals surface area contributed by atoms with E-state index in [0.29, 0.717) is 48.9 Å². The fourth-order valence-corrected chi connectivity index (χ4v) is 5.79. The van der Waals surface area contributed by atoms with E-state index in [4.69, 9.17) is 0 Å². The van der Waals surface area contributed by atoms with Crippen LogP contribution in [-0.2, 0) is 16.4 Å². The molecule has 0 unspecified atom stereocenters. The molecule has 0 aromatic heterocycles. The molecule has 7 nitrogen and oxygen atoms in total. The van der Waals surface area contributed by atoms with Crippen LogP contribution in [0, 0.1) is 12.8 Å². The Morgan fingerprint density at radius 1 is 0.872 bits per heavy atom. The molecule has 206 valence electrons. The lowest BCUT2D eigenvalue weighted by Gasteiger charge is -2.26. The van der Waals surface area contributed by atoms with Crippen molar-refractivity contribution in [1.82, 2.24) is 10.2 Å². The SMILES string of the molecule is Cc1ccc(C(=O)NCCC(C)C)cc1-c1ccc(C(=O)Nc2ccc(CN3CCS(=O)(=O)CC3)cc2)cc1. The molecule has 0 saturated carbocycles. The van der Waals surface area contributed by atoms with Crippen LogP contribution >= 0.6 is 0 Å². The van der Waals surface area contributed by atoms with Crippen molar-refractivity contribution in [2.75, 3.05) is 36.5 Å². The average molecular weight is 548 g/mol. The number of hydrogen-bond acceptors (Lipinski definition) is 5. The van der Waals surface area contributed by atoms with E-state index in [9.17, 15) is 18.0 Å². The third-order valence-corrected chi connectivity index (χ3v) is 8.63. The maximum Gasteiger partial charge on any atom is 0.255 e. The summed E-state index contributed by atoms with van der Waals surface area (Å²) in [7, 11) is -2.89. The second kappa shape index (κ2) is 12.6. The summed E-state index contributed by atoms with van der Waals surface area (Å²) in [5.41, 5.74) is 5.88. The normalized spacial score (nSPS) is 15.2. The van der Waals surface area contributed by atoms with E-state index in [1.165, 1.54) is 0 Å². The van der Waals surface area contributed by atoms with Gasteiger partial charge in [-0.3, -0.25) is 14.5 Å². The summed E-state index contributed by atoms with van der Waals surface area (Å²) in [6.07, 6.45) is 0.936. The molecule has 1 fully saturated rings. The lowest BCUT2D eigenvalue weighted by atomic mass is 9.97. The molecule has 1 aliphatic heterocycles. The van der Waals surface area contributed by atoms with Crippen LogP contribution in [0.5, 0.6) is 0 Å². The summed E-state index contributed by atoms with van der Waals surface area (Å²) in [6, 6.07) is 20.7. The molecule has 0 spiro atoms. The first kappa shape index (κ1) is 28.5. The number of aryl methyl sites for hydroxylation is 1. The number of anilines is 1. The number of hydrogen-bond donors (Lipinski definition) is 2. The fourth-order valence-electron chi connectivity index (χ4n) is 4.52. The number of benzene rings is 3. The molecule has 0 radical (unpaired) electrons. The third-order valence-electron chi connectivity index (χ3n) is 7.02. The molecule has 8 heteroatoms. The highest BCUT2D eigenvalue weighted by Crippen LogP contribution is 2.25. The highest BCUT2D eigenvalue weighted by Gasteiger charge is 2.21. The molecular formula is C31H37N3O4S. The molecule has 2 amide bonds. The van der Waals surface area contributed by atoms with Crippen LogP contribution in [0.1, 0.15) is 52.1 Å². The second-order valence-corrected chi connectivity index (χ2v) is 12.9. The maximum atomic E-state index is 12.9. The maximum absolute atomic E-state index is 12.9. The van der Waals surface area contributed by atoms with Crippen molar-refractivity contribution < 1.29 is 18.0 Å². The van der Waals surface area contributed by atoms with E-state index in [0.717, 1.165) is 28.7 Å². The van der Waals surface area contributed by atoms with Gasteiger partial charge in [0.1, 0.15) is 0 Å². The quantitative estimate of drug-likeness (QED) is 0.397. The smallest absolute Gasteiger partial charge is 0.255 e. The van der Waals surface area contributed by atoms with Crippen LogP contribution in [0.4, 0.5) is 5.69 Å². The van der Waals surface area contributed by atoms with Gasteiger partial charge in [0.15, 0.2) is 9.84 Å². The minimum atomic E-state index is -2.89. The van der Waals surface area contributed by atoms with E-state index in [-0.39, 0.29) is 23.3 Å². The largest absolute Gasteiger partial charge is 0.352 e. The molecular weight excluding hydrogens is 510 g/mol. The van der Waals surface area contributed by atoms with Gasteiger partial charge in [-0.2, -0.15) is 0 Å². The molecule has 39 heavy (non-hydrogen) atoms. The highest BCUT2D eigenvalue weighted by molar-refractivity contribution is 7.91. The standard InChI is InChI=1S/C31H37N3O4S/c1-22(2)14-15-32-30(35)27-7-4-23(3)29(20-27)25-8-10-26(11-9-25)31(36)33-28-12-5-24(6-13-28)21-34-16-18-39(37,38)19-17-34/h4-13,20,22H,14-19,21H2,1-3H3,(H,32,35)(H,33,36). The molecule has 1 saturated heterocycles. The number of rotatable bonds is 9. The van der Waals surface area contributed by atoms with Crippen molar-refractivity contribution >= 4 is 27.3 Å². The summed E-state index contributed by atoms with van der Waals surface area (Å²) in [5, 5.41) is 5.92. The first-order valence-electron chi connectivity index (χ1n) is 13.4. The van der Waals surface area contributed by atoms with E-state index in [1.807, 2.05) is 61.5 Å². The first-order valence-corrected chi connectivity index (χ1v) is 15.2. The molecule has 1 aliphatic rings. The monoisotopic (exact) mass is 547 g/mol. The van der Waals surface area contributed by atoms with Crippen molar-refractivity contribution in [3.63, 3.8) is 0 Å². The van der Waals surface area contributed by atoms with Crippen LogP contribution in [0.15, 0.2) is 66.7 Å². The Balaban J connectivity index is 1.36. The summed E-state index contributed by atoms with van der Waals surface area (Å²) in [5.74, 6) is 0.661. The van der Waals surface area contributed by atoms with Gasteiger partial charge in [-0.25, -0.2) is 8.42 Å². The average Bonchev–Trinajstić information content (AvgIpc) is 2.91. The molecule has 3 aromatic carbocycles. The van der Waals surface area contributed by atoms with Crippen LogP contribution in [0.25, 0.3) is 11.1 Å². The Morgan fingerprint density at radius 3 is 2.15 bits per heavy atom.